The number of unbranched alkanes of at least 4 members (excludes halogenated alkanes) is 20. The van der Waals surface area contributed by atoms with Crippen molar-refractivity contribution < 1.29 is 0 Å². The molecule has 0 bridgehead atoms. The molecule has 2 heteroatoms. The molecule has 1 aliphatic heterocycles. The maximum absolute atomic E-state index is 2.65. The van der Waals surface area contributed by atoms with Crippen LogP contribution in [0.15, 0.2) is 12.4 Å². The average molecular weight is 477 g/mol. The van der Waals surface area contributed by atoms with Crippen molar-refractivity contribution in [2.24, 2.45) is 0 Å². The van der Waals surface area contributed by atoms with E-state index in [1.54, 1.807) is 0 Å². The van der Waals surface area contributed by atoms with Crippen LogP contribution in [-0.2, 0) is 0 Å². The summed E-state index contributed by atoms with van der Waals surface area (Å²) in [5, 5.41) is 0. The third-order valence-corrected chi connectivity index (χ3v) is 7.82. The van der Waals surface area contributed by atoms with E-state index in [0.717, 1.165) is 0 Å². The normalized spacial score (nSPS) is 15.7. The van der Waals surface area contributed by atoms with Crippen molar-refractivity contribution in [3.8, 4) is 0 Å². The number of nitrogens with zero attached hydrogens (tertiary/aromatic N) is 2. The smallest absolute Gasteiger partial charge is 0.101 e. The van der Waals surface area contributed by atoms with Crippen LogP contribution >= 0.6 is 0 Å². The Morgan fingerprint density at radius 2 is 0.676 bits per heavy atom. The summed E-state index contributed by atoms with van der Waals surface area (Å²) >= 11 is 0. The highest BCUT2D eigenvalue weighted by atomic mass is 15.4. The van der Waals surface area contributed by atoms with E-state index in [4.69, 9.17) is 0 Å². The van der Waals surface area contributed by atoms with Gasteiger partial charge in [-0.15, -0.1) is 0 Å². The minimum Gasteiger partial charge on any atom is -0.356 e. The lowest BCUT2D eigenvalue weighted by molar-refractivity contribution is 0.136. The third kappa shape index (κ3) is 16.9. The molecule has 0 aliphatic carbocycles. The molecule has 0 aromatic heterocycles. The van der Waals surface area contributed by atoms with E-state index in [1.165, 1.54) is 167 Å². The Balaban J connectivity index is 1.94. The summed E-state index contributed by atoms with van der Waals surface area (Å²) in [5.74, 6) is 0. The molecule has 0 spiro atoms. The molecule has 1 aliphatic rings. The van der Waals surface area contributed by atoms with Crippen molar-refractivity contribution in [3.63, 3.8) is 0 Å². The molecular weight excluding hydrogens is 412 g/mol. The predicted octanol–water partition coefficient (Wildman–Crippen LogP) is 10.8. The van der Waals surface area contributed by atoms with Gasteiger partial charge in [0.25, 0.3) is 0 Å². The van der Waals surface area contributed by atoms with Gasteiger partial charge in [-0.2, -0.15) is 0 Å². The summed E-state index contributed by atoms with van der Waals surface area (Å²) in [5.41, 5.74) is 0. The van der Waals surface area contributed by atoms with E-state index in [1.807, 2.05) is 0 Å². The lowest BCUT2D eigenvalue weighted by Gasteiger charge is -2.33. The summed E-state index contributed by atoms with van der Waals surface area (Å²) < 4.78 is 0. The Morgan fingerprint density at radius 1 is 0.382 bits per heavy atom. The monoisotopic (exact) mass is 477 g/mol. The lowest BCUT2D eigenvalue weighted by Crippen LogP contribution is -2.39. The Labute approximate surface area is 216 Å². The molecule has 1 heterocycles. The molecule has 0 radical (unpaired) electrons. The van der Waals surface area contributed by atoms with Gasteiger partial charge < -0.3 is 9.80 Å². The maximum atomic E-state index is 2.65. The Bertz CT molecular complexity index is 433. The van der Waals surface area contributed by atoms with Crippen LogP contribution in [0, 0.1) is 0 Å². The van der Waals surface area contributed by atoms with E-state index < -0.39 is 0 Å². The van der Waals surface area contributed by atoms with Crippen LogP contribution in [0.3, 0.4) is 0 Å². The molecule has 1 atom stereocenters. The van der Waals surface area contributed by atoms with Crippen LogP contribution in [-0.4, -0.2) is 29.1 Å². The average Bonchev–Trinajstić information content (AvgIpc) is 3.23. The van der Waals surface area contributed by atoms with Gasteiger partial charge in [-0.1, -0.05) is 149 Å². The maximum Gasteiger partial charge on any atom is 0.101 e. The number of hydrogen-bond acceptors (Lipinski definition) is 2. The third-order valence-electron chi connectivity index (χ3n) is 7.82. The highest BCUT2D eigenvalue weighted by Crippen LogP contribution is 2.23. The Kier molecular flexibility index (Phi) is 22.2. The van der Waals surface area contributed by atoms with Crippen molar-refractivity contribution in [2.45, 2.75) is 181 Å². The van der Waals surface area contributed by atoms with Crippen LogP contribution in [0.1, 0.15) is 175 Å². The molecular formula is C32H64N2. The fourth-order valence-corrected chi connectivity index (χ4v) is 5.47. The molecule has 1 unspecified atom stereocenters. The molecule has 2 nitrogen and oxygen atoms in total. The van der Waals surface area contributed by atoms with Gasteiger partial charge in [0.15, 0.2) is 0 Å². The van der Waals surface area contributed by atoms with Crippen molar-refractivity contribution in [3.05, 3.63) is 12.4 Å². The highest BCUT2D eigenvalue weighted by molar-refractivity contribution is 4.96. The first-order valence-corrected chi connectivity index (χ1v) is 16.0. The van der Waals surface area contributed by atoms with Gasteiger partial charge in [-0.25, -0.2) is 0 Å². The van der Waals surface area contributed by atoms with Crippen LogP contribution in [0.25, 0.3) is 0 Å². The van der Waals surface area contributed by atoms with Gasteiger partial charge in [0.1, 0.15) is 6.17 Å². The lowest BCUT2D eigenvalue weighted by atomic mass is 10.0. The molecule has 0 N–H and O–H groups in total. The summed E-state index contributed by atoms with van der Waals surface area (Å²) in [6, 6.07) is 0. The van der Waals surface area contributed by atoms with Crippen molar-refractivity contribution in [1.29, 1.82) is 0 Å². The van der Waals surface area contributed by atoms with Crippen molar-refractivity contribution in [1.82, 2.24) is 9.80 Å². The zero-order chi connectivity index (χ0) is 24.5. The summed E-state index contributed by atoms with van der Waals surface area (Å²) in [6.07, 6.45) is 39.6. The van der Waals surface area contributed by atoms with Gasteiger partial charge in [0.2, 0.25) is 0 Å². The van der Waals surface area contributed by atoms with Crippen LogP contribution < -0.4 is 0 Å². The topological polar surface area (TPSA) is 6.48 Å². The standard InChI is InChI=1S/C32H64N2/c1-4-7-10-12-13-14-15-16-17-18-19-20-21-22-23-24-26-29-34-31-30-33(28-25-11-8-5-2)32(34)27-9-6-3/h30-32H,4-29H2,1-3H3. The number of rotatable bonds is 26. The number of hydrogen-bond donors (Lipinski definition) is 0. The van der Waals surface area contributed by atoms with E-state index in [2.05, 4.69) is 43.0 Å². The molecule has 0 saturated heterocycles. The molecule has 34 heavy (non-hydrogen) atoms. The Morgan fingerprint density at radius 3 is 1.03 bits per heavy atom. The molecule has 0 amide bonds. The molecule has 0 fully saturated rings. The molecule has 0 saturated carbocycles. The SMILES string of the molecule is CCCCCCCCCCCCCCCCCCCN1C=CN(CCCCCC)C1CCCC. The van der Waals surface area contributed by atoms with Gasteiger partial charge in [0, 0.05) is 25.5 Å². The fraction of sp³-hybridized carbons (Fsp3) is 0.938. The zero-order valence-electron chi connectivity index (χ0n) is 24.0. The minimum absolute atomic E-state index is 0.641. The first kappa shape index (κ1) is 31.4. The molecule has 0 aromatic rings. The van der Waals surface area contributed by atoms with Gasteiger partial charge in [0.05, 0.1) is 0 Å². The van der Waals surface area contributed by atoms with Crippen LogP contribution in [0.5, 0.6) is 0 Å². The second-order valence-electron chi connectivity index (χ2n) is 11.1. The van der Waals surface area contributed by atoms with E-state index in [0.29, 0.717) is 6.17 Å². The Hall–Kier alpha value is -0.660. The van der Waals surface area contributed by atoms with Gasteiger partial charge >= 0.3 is 0 Å². The predicted molar refractivity (Wildman–Crippen MR) is 154 cm³/mol. The quantitative estimate of drug-likeness (QED) is 0.114. The molecule has 1 rings (SSSR count). The minimum atomic E-state index is 0.641. The fourth-order valence-electron chi connectivity index (χ4n) is 5.47. The molecule has 202 valence electrons. The van der Waals surface area contributed by atoms with E-state index >= 15 is 0 Å². The van der Waals surface area contributed by atoms with Gasteiger partial charge in [-0.3, -0.25) is 0 Å². The van der Waals surface area contributed by atoms with Gasteiger partial charge in [-0.05, 0) is 25.7 Å². The van der Waals surface area contributed by atoms with Crippen LogP contribution in [0.4, 0.5) is 0 Å². The summed E-state index contributed by atoms with van der Waals surface area (Å²) in [7, 11) is 0. The second kappa shape index (κ2) is 24.1. The van der Waals surface area contributed by atoms with Crippen molar-refractivity contribution >= 4 is 0 Å². The highest BCUT2D eigenvalue weighted by Gasteiger charge is 2.24. The first-order chi connectivity index (χ1) is 16.8. The summed E-state index contributed by atoms with van der Waals surface area (Å²) in [6.45, 7) is 9.45. The first-order valence-electron chi connectivity index (χ1n) is 16.0. The van der Waals surface area contributed by atoms with Crippen LogP contribution in [0.2, 0.25) is 0 Å². The van der Waals surface area contributed by atoms with Crippen molar-refractivity contribution in [2.75, 3.05) is 13.1 Å². The largest absolute Gasteiger partial charge is 0.356 e. The van der Waals surface area contributed by atoms with E-state index in [-0.39, 0.29) is 0 Å². The van der Waals surface area contributed by atoms with E-state index in [9.17, 15) is 0 Å². The zero-order valence-corrected chi connectivity index (χ0v) is 24.0. The second-order valence-corrected chi connectivity index (χ2v) is 11.1. The molecule has 0 aromatic carbocycles. The summed E-state index contributed by atoms with van der Waals surface area (Å²) in [4.78, 5) is 5.29.